The molecule has 0 bridgehead atoms. The lowest BCUT2D eigenvalue weighted by molar-refractivity contribution is -0.679. The quantitative estimate of drug-likeness (QED) is 0.443. The van der Waals surface area contributed by atoms with Gasteiger partial charge in [-0.2, -0.15) is 0 Å². The third-order valence-electron chi connectivity index (χ3n) is 4.46. The van der Waals surface area contributed by atoms with Crippen molar-refractivity contribution in [1.82, 2.24) is 4.57 Å². The minimum atomic E-state index is 0.0598. The van der Waals surface area contributed by atoms with E-state index in [4.69, 9.17) is 11.6 Å². The van der Waals surface area contributed by atoms with E-state index in [1.54, 1.807) is 0 Å². The van der Waals surface area contributed by atoms with Crippen LogP contribution < -0.4 is 4.57 Å². The van der Waals surface area contributed by atoms with Crippen LogP contribution in [0.5, 0.6) is 0 Å². The molecule has 0 N–H and O–H groups in total. The molecule has 0 saturated heterocycles. The largest absolute Gasteiger partial charge is 0.250 e. The Morgan fingerprint density at radius 2 is 1.48 bits per heavy atom. The molecule has 0 amide bonds. The second-order valence-corrected chi connectivity index (χ2v) is 6.40. The monoisotopic (exact) mass is 345 g/mol. The topological polar surface area (TPSA) is 8.81 Å². The minimum absolute atomic E-state index is 0.0598. The van der Waals surface area contributed by atoms with Crippen LogP contribution >= 0.6 is 11.6 Å². The van der Waals surface area contributed by atoms with Crippen LogP contribution in [0.1, 0.15) is 17.2 Å². The molecule has 1 atom stereocenters. The van der Waals surface area contributed by atoms with E-state index in [1.165, 1.54) is 11.1 Å². The number of aromatic nitrogens is 2. The van der Waals surface area contributed by atoms with Crippen LogP contribution in [-0.2, 0) is 0 Å². The predicted octanol–water partition coefficient (Wildman–Crippen LogP) is 5.32. The molecule has 0 fully saturated rings. The van der Waals surface area contributed by atoms with Crippen molar-refractivity contribution in [3.8, 4) is 0 Å². The molecule has 1 aromatic heterocycles. The number of para-hydroxylation sites is 2. The molecule has 0 aliphatic carbocycles. The van der Waals surface area contributed by atoms with E-state index < -0.39 is 0 Å². The van der Waals surface area contributed by atoms with E-state index in [9.17, 15) is 0 Å². The Kier molecular flexibility index (Phi) is 4.12. The van der Waals surface area contributed by atoms with Crippen LogP contribution in [0.2, 0.25) is 5.02 Å². The zero-order chi connectivity index (χ0) is 17.2. The van der Waals surface area contributed by atoms with Gasteiger partial charge < -0.3 is 0 Å². The summed E-state index contributed by atoms with van der Waals surface area (Å²) in [6, 6.07) is 27.0. The Balaban J connectivity index is 1.99. The van der Waals surface area contributed by atoms with Crippen molar-refractivity contribution in [2.24, 2.45) is 0 Å². The average Bonchev–Trinajstić information content (AvgIpc) is 3.03. The lowest BCUT2D eigenvalue weighted by Crippen LogP contribution is -2.39. The number of benzene rings is 3. The molecule has 3 aromatic carbocycles. The van der Waals surface area contributed by atoms with E-state index >= 15 is 0 Å². The third-order valence-corrected chi connectivity index (χ3v) is 4.71. The number of imidazole rings is 1. The molecule has 0 unspecified atom stereocenters. The van der Waals surface area contributed by atoms with Crippen molar-refractivity contribution in [2.75, 3.05) is 0 Å². The maximum absolute atomic E-state index is 6.11. The first kappa shape index (κ1) is 15.7. The van der Waals surface area contributed by atoms with Gasteiger partial charge in [0.1, 0.15) is 0 Å². The van der Waals surface area contributed by atoms with Gasteiger partial charge in [-0.25, -0.2) is 9.13 Å². The number of hydrogen-bond acceptors (Lipinski definition) is 0. The van der Waals surface area contributed by atoms with Gasteiger partial charge in [-0.05, 0) is 24.3 Å². The molecule has 4 rings (SSSR count). The standard InChI is InChI=1S/C22H18ClN2/c1-2-24-16-25(21-11-7-6-10-20(21)24)22(17-8-4-3-5-9-17)18-12-14-19(23)15-13-18/h2-16,22H,1H2/q+1/t22-/m1/s1. The van der Waals surface area contributed by atoms with Gasteiger partial charge in [0, 0.05) is 16.1 Å². The molecule has 3 heteroatoms. The molecule has 0 aliphatic rings. The molecule has 2 nitrogen and oxygen atoms in total. The summed E-state index contributed by atoms with van der Waals surface area (Å²) in [5, 5.41) is 0.745. The summed E-state index contributed by atoms with van der Waals surface area (Å²) >= 11 is 6.11. The summed E-state index contributed by atoms with van der Waals surface area (Å²) in [7, 11) is 0. The summed E-state index contributed by atoms with van der Waals surface area (Å²) in [6.45, 7) is 3.94. The van der Waals surface area contributed by atoms with Crippen molar-refractivity contribution in [1.29, 1.82) is 0 Å². The van der Waals surface area contributed by atoms with E-state index in [0.29, 0.717) is 0 Å². The van der Waals surface area contributed by atoms with Gasteiger partial charge >= 0.3 is 0 Å². The number of nitrogens with zero attached hydrogens (tertiary/aromatic N) is 2. The first-order valence-electron chi connectivity index (χ1n) is 8.21. The Labute approximate surface area is 152 Å². The molecule has 25 heavy (non-hydrogen) atoms. The number of fused-ring (bicyclic) bond motifs is 1. The Morgan fingerprint density at radius 3 is 2.20 bits per heavy atom. The number of hydrogen-bond donors (Lipinski definition) is 0. The van der Waals surface area contributed by atoms with Gasteiger partial charge in [0.05, 0.1) is 6.20 Å². The Hall–Kier alpha value is -2.84. The van der Waals surface area contributed by atoms with Crippen molar-refractivity contribution in [3.05, 3.63) is 108 Å². The van der Waals surface area contributed by atoms with Crippen LogP contribution in [0.4, 0.5) is 0 Å². The summed E-state index contributed by atoms with van der Waals surface area (Å²) in [5.41, 5.74) is 4.70. The molecule has 0 aliphatic heterocycles. The molecule has 0 radical (unpaired) electrons. The van der Waals surface area contributed by atoms with Gasteiger partial charge in [-0.3, -0.25) is 0 Å². The lowest BCUT2D eigenvalue weighted by Gasteiger charge is -2.16. The number of rotatable bonds is 4. The van der Waals surface area contributed by atoms with Crippen LogP contribution in [0.15, 0.2) is 91.8 Å². The summed E-state index contributed by atoms with van der Waals surface area (Å²) in [5.74, 6) is 0. The average molecular weight is 346 g/mol. The maximum atomic E-state index is 6.11. The molecule has 122 valence electrons. The zero-order valence-electron chi connectivity index (χ0n) is 13.7. The summed E-state index contributed by atoms with van der Waals surface area (Å²) in [6.07, 6.45) is 3.94. The van der Waals surface area contributed by atoms with E-state index in [2.05, 4.69) is 76.6 Å². The van der Waals surface area contributed by atoms with Crippen molar-refractivity contribution >= 4 is 28.8 Å². The number of halogens is 1. The van der Waals surface area contributed by atoms with Gasteiger partial charge in [0.15, 0.2) is 17.1 Å². The minimum Gasteiger partial charge on any atom is -0.218 e. The highest BCUT2D eigenvalue weighted by Gasteiger charge is 2.25. The van der Waals surface area contributed by atoms with Gasteiger partial charge in [0.25, 0.3) is 0 Å². The SMILES string of the molecule is C=Cn1c[n+]([C@H](c2ccccc2)c2ccc(Cl)cc2)c2ccccc21. The molecule has 0 saturated carbocycles. The molecular formula is C22H18ClN2+. The fourth-order valence-corrected chi connectivity index (χ4v) is 3.43. The highest BCUT2D eigenvalue weighted by atomic mass is 35.5. The van der Waals surface area contributed by atoms with Crippen molar-refractivity contribution < 1.29 is 4.57 Å². The zero-order valence-corrected chi connectivity index (χ0v) is 14.5. The van der Waals surface area contributed by atoms with E-state index in [-0.39, 0.29) is 6.04 Å². The highest BCUT2D eigenvalue weighted by molar-refractivity contribution is 6.30. The normalized spacial score (nSPS) is 12.2. The first-order valence-corrected chi connectivity index (χ1v) is 8.59. The van der Waals surface area contributed by atoms with E-state index in [0.717, 1.165) is 16.1 Å². The van der Waals surface area contributed by atoms with Gasteiger partial charge in [-0.1, -0.05) is 72.8 Å². The maximum Gasteiger partial charge on any atom is 0.250 e. The smallest absolute Gasteiger partial charge is 0.218 e. The van der Waals surface area contributed by atoms with Crippen LogP contribution in [-0.4, -0.2) is 4.57 Å². The first-order chi connectivity index (χ1) is 12.3. The van der Waals surface area contributed by atoms with Crippen LogP contribution in [0.25, 0.3) is 17.2 Å². The molecular weight excluding hydrogens is 328 g/mol. The van der Waals surface area contributed by atoms with E-state index in [1.807, 2.05) is 30.5 Å². The highest BCUT2D eigenvalue weighted by Crippen LogP contribution is 2.25. The fourth-order valence-electron chi connectivity index (χ4n) is 3.30. The Bertz CT molecular complexity index is 1020. The van der Waals surface area contributed by atoms with Gasteiger partial charge in [-0.15, -0.1) is 0 Å². The molecule has 0 spiro atoms. The van der Waals surface area contributed by atoms with Crippen LogP contribution in [0.3, 0.4) is 0 Å². The molecule has 4 aromatic rings. The van der Waals surface area contributed by atoms with Crippen molar-refractivity contribution in [2.45, 2.75) is 6.04 Å². The second kappa shape index (κ2) is 6.58. The fraction of sp³-hybridized carbons (Fsp3) is 0.0455. The predicted molar refractivity (Wildman–Crippen MR) is 104 cm³/mol. The van der Waals surface area contributed by atoms with Crippen molar-refractivity contribution in [3.63, 3.8) is 0 Å². The summed E-state index contributed by atoms with van der Waals surface area (Å²) < 4.78 is 4.34. The molecule has 1 heterocycles. The summed E-state index contributed by atoms with van der Waals surface area (Å²) in [4.78, 5) is 0. The third kappa shape index (κ3) is 2.86. The van der Waals surface area contributed by atoms with Crippen LogP contribution in [0, 0.1) is 0 Å². The Morgan fingerprint density at radius 1 is 0.840 bits per heavy atom. The van der Waals surface area contributed by atoms with Gasteiger partial charge in [0.2, 0.25) is 6.33 Å². The second-order valence-electron chi connectivity index (χ2n) is 5.97. The lowest BCUT2D eigenvalue weighted by atomic mass is 9.98.